The van der Waals surface area contributed by atoms with Crippen LogP contribution in [0.3, 0.4) is 0 Å². The molecule has 0 radical (unpaired) electrons. The van der Waals surface area contributed by atoms with Gasteiger partial charge in [0.2, 0.25) is 0 Å². The van der Waals surface area contributed by atoms with E-state index < -0.39 is 18.0 Å². The molecule has 112 valence electrons. The summed E-state index contributed by atoms with van der Waals surface area (Å²) in [5, 5.41) is 8.48. The zero-order valence-electron chi connectivity index (χ0n) is 11.0. The van der Waals surface area contributed by atoms with E-state index in [4.69, 9.17) is 29.8 Å². The maximum Gasteiger partial charge on any atom is 0.321 e. The zero-order valence-corrected chi connectivity index (χ0v) is 11.0. The van der Waals surface area contributed by atoms with Crippen molar-refractivity contribution in [2.75, 3.05) is 46.8 Å². The highest BCUT2D eigenvalue weighted by atomic mass is 16.6. The Hall–Kier alpha value is -1.22. The average molecular weight is 279 g/mol. The second-order valence-electron chi connectivity index (χ2n) is 3.59. The fraction of sp³-hybridized carbons (Fsp3) is 0.818. The minimum Gasteiger partial charge on any atom is -0.480 e. The minimum absolute atomic E-state index is 0.0588. The number of ether oxygens (including phenoxy) is 4. The number of carboxylic acids is 1. The molecule has 0 aliphatic rings. The van der Waals surface area contributed by atoms with Gasteiger partial charge in [0.1, 0.15) is 12.6 Å². The van der Waals surface area contributed by atoms with E-state index in [1.54, 1.807) is 7.11 Å². The van der Waals surface area contributed by atoms with Gasteiger partial charge < -0.3 is 29.8 Å². The normalized spacial score (nSPS) is 12.1. The van der Waals surface area contributed by atoms with Gasteiger partial charge in [0, 0.05) is 7.11 Å². The first-order valence-corrected chi connectivity index (χ1v) is 5.86. The number of carbonyl (C=O) groups excluding carboxylic acids is 1. The van der Waals surface area contributed by atoms with E-state index in [1.165, 1.54) is 0 Å². The van der Waals surface area contributed by atoms with Crippen molar-refractivity contribution >= 4 is 11.9 Å². The van der Waals surface area contributed by atoms with E-state index in [2.05, 4.69) is 0 Å². The standard InChI is InChI=1S/C11H21NO7/c1-16-2-3-17-4-5-18-6-7-19-10(13)8-9(12)11(14)15/h9H,2-8,12H2,1H3,(H,14,15)/t9-/m0/s1. The van der Waals surface area contributed by atoms with Gasteiger partial charge in [-0.2, -0.15) is 0 Å². The quantitative estimate of drug-likeness (QED) is 0.345. The Morgan fingerprint density at radius 1 is 1.05 bits per heavy atom. The molecule has 0 aromatic heterocycles. The lowest BCUT2D eigenvalue weighted by Crippen LogP contribution is -2.33. The van der Waals surface area contributed by atoms with Gasteiger partial charge in [-0.15, -0.1) is 0 Å². The molecule has 0 aromatic carbocycles. The lowest BCUT2D eigenvalue weighted by Gasteiger charge is -2.08. The molecular formula is C11H21NO7. The first kappa shape index (κ1) is 17.8. The van der Waals surface area contributed by atoms with E-state index in [0.717, 1.165) is 0 Å². The molecule has 1 atom stereocenters. The van der Waals surface area contributed by atoms with Crippen LogP contribution in [0, 0.1) is 0 Å². The fourth-order valence-electron chi connectivity index (χ4n) is 1.00. The van der Waals surface area contributed by atoms with E-state index in [-0.39, 0.29) is 19.6 Å². The molecule has 0 amide bonds. The summed E-state index contributed by atoms with van der Waals surface area (Å²) >= 11 is 0. The summed E-state index contributed by atoms with van der Waals surface area (Å²) < 4.78 is 19.8. The van der Waals surface area contributed by atoms with E-state index in [0.29, 0.717) is 26.4 Å². The zero-order chi connectivity index (χ0) is 14.5. The van der Waals surface area contributed by atoms with Crippen LogP contribution in [0.2, 0.25) is 0 Å². The molecule has 0 rings (SSSR count). The molecule has 0 spiro atoms. The monoisotopic (exact) mass is 279 g/mol. The van der Waals surface area contributed by atoms with Gasteiger partial charge in [0.25, 0.3) is 0 Å². The van der Waals surface area contributed by atoms with Gasteiger partial charge >= 0.3 is 11.9 Å². The maximum absolute atomic E-state index is 11.1. The highest BCUT2D eigenvalue weighted by molar-refractivity contribution is 5.81. The highest BCUT2D eigenvalue weighted by Gasteiger charge is 2.16. The van der Waals surface area contributed by atoms with E-state index in [1.807, 2.05) is 0 Å². The first-order valence-electron chi connectivity index (χ1n) is 5.86. The van der Waals surface area contributed by atoms with Crippen LogP contribution in [0.25, 0.3) is 0 Å². The number of esters is 1. The highest BCUT2D eigenvalue weighted by Crippen LogP contribution is 1.92. The van der Waals surface area contributed by atoms with Crippen LogP contribution in [0.15, 0.2) is 0 Å². The summed E-state index contributed by atoms with van der Waals surface area (Å²) in [6.07, 6.45) is -0.352. The number of rotatable bonds is 12. The lowest BCUT2D eigenvalue weighted by molar-refractivity contribution is -0.150. The Kier molecular flexibility index (Phi) is 11.1. The Morgan fingerprint density at radius 2 is 1.58 bits per heavy atom. The van der Waals surface area contributed by atoms with Gasteiger partial charge in [0.15, 0.2) is 0 Å². The van der Waals surface area contributed by atoms with Gasteiger partial charge in [-0.25, -0.2) is 0 Å². The molecule has 0 aromatic rings. The van der Waals surface area contributed by atoms with Crippen molar-refractivity contribution in [1.29, 1.82) is 0 Å². The molecule has 0 fully saturated rings. The summed E-state index contributed by atoms with van der Waals surface area (Å²) in [5.74, 6) is -1.89. The van der Waals surface area contributed by atoms with Crippen LogP contribution in [0.1, 0.15) is 6.42 Å². The van der Waals surface area contributed by atoms with E-state index >= 15 is 0 Å². The molecule has 0 saturated heterocycles. The molecule has 8 nitrogen and oxygen atoms in total. The fourth-order valence-corrected chi connectivity index (χ4v) is 1.00. The van der Waals surface area contributed by atoms with Crippen molar-refractivity contribution in [3.63, 3.8) is 0 Å². The number of carboxylic acid groups (broad SMARTS) is 1. The number of methoxy groups -OCH3 is 1. The van der Waals surface area contributed by atoms with Gasteiger partial charge in [0.05, 0.1) is 39.5 Å². The largest absolute Gasteiger partial charge is 0.480 e. The van der Waals surface area contributed by atoms with Crippen molar-refractivity contribution in [3.05, 3.63) is 0 Å². The third-order valence-corrected chi connectivity index (χ3v) is 2.00. The van der Waals surface area contributed by atoms with Crippen LogP contribution in [-0.4, -0.2) is 69.8 Å². The predicted molar refractivity (Wildman–Crippen MR) is 64.7 cm³/mol. The lowest BCUT2D eigenvalue weighted by atomic mass is 10.2. The molecule has 19 heavy (non-hydrogen) atoms. The third-order valence-electron chi connectivity index (χ3n) is 2.00. The van der Waals surface area contributed by atoms with Crippen LogP contribution < -0.4 is 5.73 Å². The molecule has 3 N–H and O–H groups in total. The topological polar surface area (TPSA) is 117 Å². The van der Waals surface area contributed by atoms with Crippen molar-refractivity contribution in [2.45, 2.75) is 12.5 Å². The third kappa shape index (κ3) is 11.6. The van der Waals surface area contributed by atoms with Gasteiger partial charge in [-0.1, -0.05) is 0 Å². The SMILES string of the molecule is COCCOCCOCCOC(=O)C[C@H](N)C(=O)O. The number of hydrogen-bond donors (Lipinski definition) is 2. The Morgan fingerprint density at radius 3 is 2.11 bits per heavy atom. The molecule has 0 unspecified atom stereocenters. The molecule has 0 heterocycles. The number of aliphatic carboxylic acids is 1. The number of hydrogen-bond acceptors (Lipinski definition) is 7. The van der Waals surface area contributed by atoms with Crippen molar-refractivity contribution in [1.82, 2.24) is 0 Å². The summed E-state index contributed by atoms with van der Waals surface area (Å²) in [5.41, 5.74) is 5.17. The molecule has 0 saturated carbocycles. The summed E-state index contributed by atoms with van der Waals surface area (Å²) in [7, 11) is 1.59. The van der Waals surface area contributed by atoms with Crippen LogP contribution >= 0.6 is 0 Å². The van der Waals surface area contributed by atoms with Gasteiger partial charge in [-0.3, -0.25) is 9.59 Å². The maximum atomic E-state index is 11.1. The van der Waals surface area contributed by atoms with Gasteiger partial charge in [-0.05, 0) is 0 Å². The van der Waals surface area contributed by atoms with Crippen LogP contribution in [0.4, 0.5) is 0 Å². The summed E-state index contributed by atoms with van der Waals surface area (Å²) in [4.78, 5) is 21.5. The molecule has 0 bridgehead atoms. The minimum atomic E-state index is -1.23. The molecule has 0 aliphatic carbocycles. The smallest absolute Gasteiger partial charge is 0.321 e. The first-order chi connectivity index (χ1) is 9.07. The van der Waals surface area contributed by atoms with Crippen LogP contribution in [-0.2, 0) is 28.5 Å². The summed E-state index contributed by atoms with van der Waals surface area (Å²) in [6, 6.07) is -1.23. The van der Waals surface area contributed by atoms with Crippen molar-refractivity contribution in [2.24, 2.45) is 5.73 Å². The van der Waals surface area contributed by atoms with Crippen LogP contribution in [0.5, 0.6) is 0 Å². The predicted octanol–water partition coefficient (Wildman–Crippen LogP) is -0.989. The second-order valence-corrected chi connectivity index (χ2v) is 3.59. The van der Waals surface area contributed by atoms with E-state index in [9.17, 15) is 9.59 Å². The van der Waals surface area contributed by atoms with Crippen molar-refractivity contribution < 1.29 is 33.6 Å². The second kappa shape index (κ2) is 11.8. The molecule has 0 aliphatic heterocycles. The molecule has 8 heteroatoms. The Balaban J connectivity index is 3.30. The Labute approximate surface area is 111 Å². The number of carbonyl (C=O) groups is 2. The average Bonchev–Trinajstić information content (AvgIpc) is 2.36. The number of nitrogens with two attached hydrogens (primary N) is 1. The summed E-state index contributed by atoms with van der Waals surface area (Å²) in [6.45, 7) is 2.13. The van der Waals surface area contributed by atoms with Crippen molar-refractivity contribution in [3.8, 4) is 0 Å². The Bertz CT molecular complexity index is 259. The molecular weight excluding hydrogens is 258 g/mol.